The van der Waals surface area contributed by atoms with E-state index in [4.69, 9.17) is 23.2 Å². The molecule has 0 aliphatic heterocycles. The number of hydrogen-bond donors (Lipinski definition) is 1. The number of rotatable bonds is 2. The second kappa shape index (κ2) is 4.39. The molecule has 1 aromatic heterocycles. The van der Waals surface area contributed by atoms with Gasteiger partial charge in [0, 0.05) is 12.6 Å². The molecule has 4 nitrogen and oxygen atoms in total. The fourth-order valence-electron chi connectivity index (χ4n) is 0.730. The monoisotopic (exact) mass is 218 g/mol. The number of anilines is 1. The number of halogens is 2. The van der Waals surface area contributed by atoms with Gasteiger partial charge < -0.3 is 5.32 Å². The van der Waals surface area contributed by atoms with Crippen LogP contribution in [0.25, 0.3) is 0 Å². The van der Waals surface area contributed by atoms with E-state index >= 15 is 0 Å². The van der Waals surface area contributed by atoms with Crippen molar-refractivity contribution in [2.45, 2.75) is 6.92 Å². The van der Waals surface area contributed by atoms with Gasteiger partial charge in [0.05, 0.1) is 6.34 Å². The first-order valence-electron chi connectivity index (χ1n) is 3.52. The topological polar surface area (TPSA) is 50.2 Å². The molecule has 1 rings (SSSR count). The molecule has 13 heavy (non-hydrogen) atoms. The minimum absolute atomic E-state index is 0.114. The minimum atomic E-state index is 0.114. The Morgan fingerprint density at radius 2 is 2.08 bits per heavy atom. The van der Waals surface area contributed by atoms with Crippen LogP contribution in [0.3, 0.4) is 0 Å². The Kier molecular flexibility index (Phi) is 3.45. The van der Waals surface area contributed by atoms with Crippen LogP contribution in [-0.2, 0) is 0 Å². The maximum absolute atomic E-state index is 5.78. The van der Waals surface area contributed by atoms with Crippen molar-refractivity contribution in [3.63, 3.8) is 0 Å². The van der Waals surface area contributed by atoms with Gasteiger partial charge >= 0.3 is 0 Å². The third kappa shape index (κ3) is 2.54. The zero-order chi connectivity index (χ0) is 9.84. The largest absolute Gasteiger partial charge is 0.331 e. The molecule has 0 aromatic carbocycles. The van der Waals surface area contributed by atoms with Crippen LogP contribution in [0.15, 0.2) is 4.99 Å². The van der Waals surface area contributed by atoms with E-state index in [1.807, 2.05) is 0 Å². The lowest BCUT2D eigenvalue weighted by Crippen LogP contribution is -2.02. The fourth-order valence-corrected chi connectivity index (χ4v) is 1.11. The molecular weight excluding hydrogens is 211 g/mol. The molecule has 0 amide bonds. The summed E-state index contributed by atoms with van der Waals surface area (Å²) in [5, 5.41) is 3.29. The molecule has 0 bridgehead atoms. The lowest BCUT2D eigenvalue weighted by atomic mass is 10.3. The molecule has 0 saturated carbocycles. The lowest BCUT2D eigenvalue weighted by Gasteiger charge is -2.04. The number of hydrogen-bond acceptors (Lipinski definition) is 3. The highest BCUT2D eigenvalue weighted by atomic mass is 35.5. The predicted octanol–water partition coefficient (Wildman–Crippen LogP) is 2.16. The highest BCUT2D eigenvalue weighted by Crippen LogP contribution is 2.20. The van der Waals surface area contributed by atoms with Crippen molar-refractivity contribution < 1.29 is 0 Å². The van der Waals surface area contributed by atoms with Crippen LogP contribution >= 0.6 is 23.2 Å². The molecule has 1 heterocycles. The van der Waals surface area contributed by atoms with Crippen molar-refractivity contribution in [2.75, 3.05) is 12.4 Å². The van der Waals surface area contributed by atoms with Crippen molar-refractivity contribution in [2.24, 2.45) is 4.99 Å². The Morgan fingerprint density at radius 3 is 2.69 bits per heavy atom. The van der Waals surface area contributed by atoms with E-state index in [9.17, 15) is 0 Å². The SMILES string of the molecule is CN=CNc1nc(Cl)nc(Cl)c1C. The Labute approximate surface area is 86.0 Å². The van der Waals surface area contributed by atoms with Crippen molar-refractivity contribution in [3.05, 3.63) is 16.0 Å². The molecule has 0 spiro atoms. The van der Waals surface area contributed by atoms with Crippen LogP contribution in [0, 0.1) is 6.92 Å². The molecule has 70 valence electrons. The van der Waals surface area contributed by atoms with Gasteiger partial charge in [-0.3, -0.25) is 4.99 Å². The van der Waals surface area contributed by atoms with E-state index in [0.717, 1.165) is 5.56 Å². The maximum atomic E-state index is 5.78. The summed E-state index contributed by atoms with van der Waals surface area (Å²) in [5.74, 6) is 0.565. The Balaban J connectivity index is 3.05. The van der Waals surface area contributed by atoms with Crippen LogP contribution < -0.4 is 5.32 Å². The quantitative estimate of drug-likeness (QED) is 0.359. The van der Waals surface area contributed by atoms with Crippen LogP contribution in [0.4, 0.5) is 5.82 Å². The standard InChI is InChI=1S/C7H8Cl2N4/c1-4-5(8)12-7(9)13-6(4)11-3-10-2/h3H,1-2H3,(H,10,11,12,13). The van der Waals surface area contributed by atoms with E-state index in [0.29, 0.717) is 11.0 Å². The van der Waals surface area contributed by atoms with Gasteiger partial charge in [-0.15, -0.1) is 0 Å². The van der Waals surface area contributed by atoms with Crippen molar-refractivity contribution in [3.8, 4) is 0 Å². The van der Waals surface area contributed by atoms with Gasteiger partial charge in [0.15, 0.2) is 0 Å². The number of nitrogens with zero attached hydrogens (tertiary/aromatic N) is 3. The van der Waals surface area contributed by atoms with E-state index in [1.54, 1.807) is 14.0 Å². The summed E-state index contributed by atoms with van der Waals surface area (Å²) in [6.07, 6.45) is 1.50. The van der Waals surface area contributed by atoms with Gasteiger partial charge in [0.25, 0.3) is 0 Å². The second-order valence-electron chi connectivity index (χ2n) is 2.29. The summed E-state index contributed by atoms with van der Waals surface area (Å²) in [7, 11) is 1.65. The Bertz CT molecular complexity index is 338. The molecule has 0 saturated heterocycles. The molecule has 0 atom stereocenters. The van der Waals surface area contributed by atoms with E-state index < -0.39 is 0 Å². The summed E-state index contributed by atoms with van der Waals surface area (Å²) in [5.41, 5.74) is 0.742. The van der Waals surface area contributed by atoms with Gasteiger partial charge in [-0.05, 0) is 18.5 Å². The number of aliphatic imine (C=N–C) groups is 1. The summed E-state index contributed by atoms with van der Waals surface area (Å²) in [6.45, 7) is 1.80. The van der Waals surface area contributed by atoms with Crippen LogP contribution in [0.2, 0.25) is 10.4 Å². The second-order valence-corrected chi connectivity index (χ2v) is 2.98. The number of aromatic nitrogens is 2. The molecule has 1 N–H and O–H groups in total. The molecule has 0 fully saturated rings. The third-order valence-corrected chi connectivity index (χ3v) is 1.93. The summed E-state index contributed by atoms with van der Waals surface area (Å²) in [4.78, 5) is 11.5. The van der Waals surface area contributed by atoms with Crippen molar-refractivity contribution >= 4 is 35.4 Å². The fraction of sp³-hybridized carbons (Fsp3) is 0.286. The summed E-state index contributed by atoms with van der Waals surface area (Å²) >= 11 is 11.4. The van der Waals surface area contributed by atoms with Gasteiger partial charge in [0.1, 0.15) is 11.0 Å². The average molecular weight is 219 g/mol. The Morgan fingerprint density at radius 1 is 1.38 bits per heavy atom. The van der Waals surface area contributed by atoms with Crippen molar-refractivity contribution in [1.82, 2.24) is 9.97 Å². The van der Waals surface area contributed by atoms with Crippen LogP contribution in [-0.4, -0.2) is 23.4 Å². The molecule has 6 heteroatoms. The molecule has 0 aliphatic rings. The predicted molar refractivity (Wildman–Crippen MR) is 54.8 cm³/mol. The first-order valence-corrected chi connectivity index (χ1v) is 4.27. The smallest absolute Gasteiger partial charge is 0.225 e. The summed E-state index contributed by atoms with van der Waals surface area (Å²) < 4.78 is 0. The van der Waals surface area contributed by atoms with E-state index in [1.165, 1.54) is 6.34 Å². The highest BCUT2D eigenvalue weighted by molar-refractivity contribution is 6.32. The zero-order valence-electron chi connectivity index (χ0n) is 7.17. The number of nitrogens with one attached hydrogen (secondary N) is 1. The highest BCUT2D eigenvalue weighted by Gasteiger charge is 2.06. The molecule has 0 aliphatic carbocycles. The zero-order valence-corrected chi connectivity index (χ0v) is 8.69. The van der Waals surface area contributed by atoms with Crippen LogP contribution in [0.5, 0.6) is 0 Å². The summed E-state index contributed by atoms with van der Waals surface area (Å²) in [6, 6.07) is 0. The van der Waals surface area contributed by atoms with E-state index in [2.05, 4.69) is 20.3 Å². The van der Waals surface area contributed by atoms with E-state index in [-0.39, 0.29) is 5.28 Å². The molecule has 0 unspecified atom stereocenters. The molecule has 0 radical (unpaired) electrons. The van der Waals surface area contributed by atoms with Crippen LogP contribution in [0.1, 0.15) is 5.56 Å². The Hall–Kier alpha value is -0.870. The van der Waals surface area contributed by atoms with Gasteiger partial charge in [-0.25, -0.2) is 9.97 Å². The van der Waals surface area contributed by atoms with Crippen molar-refractivity contribution in [1.29, 1.82) is 0 Å². The van der Waals surface area contributed by atoms with Gasteiger partial charge in [-0.1, -0.05) is 11.6 Å². The minimum Gasteiger partial charge on any atom is -0.331 e. The van der Waals surface area contributed by atoms with Gasteiger partial charge in [0.2, 0.25) is 5.28 Å². The molecule has 1 aromatic rings. The maximum Gasteiger partial charge on any atom is 0.225 e. The van der Waals surface area contributed by atoms with Gasteiger partial charge in [-0.2, -0.15) is 0 Å². The molecular formula is C7H8Cl2N4. The average Bonchev–Trinajstić information content (AvgIpc) is 2.09. The first-order chi connectivity index (χ1) is 6.15. The third-order valence-electron chi connectivity index (χ3n) is 1.39. The lowest BCUT2D eigenvalue weighted by molar-refractivity contribution is 1.14. The normalized spacial score (nSPS) is 10.8. The first kappa shape index (κ1) is 10.2.